The van der Waals surface area contributed by atoms with E-state index in [9.17, 15) is 17.6 Å². The Bertz CT molecular complexity index is 3260. The van der Waals surface area contributed by atoms with E-state index < -0.39 is 19.0 Å². The molecular weight excluding hydrogens is 1230 g/mol. The minimum Gasteiger partial charge on any atom is -0.383 e. The highest BCUT2D eigenvalue weighted by molar-refractivity contribution is 5.15. The van der Waals surface area contributed by atoms with Crippen LogP contribution in [0.25, 0.3) is 0 Å². The Morgan fingerprint density at radius 2 is 0.814 bits per heavy atom. The van der Waals surface area contributed by atoms with Crippen molar-refractivity contribution in [3.63, 3.8) is 0 Å². The molecule has 0 spiro atoms. The van der Waals surface area contributed by atoms with Crippen molar-refractivity contribution in [2.75, 3.05) is 26.9 Å². The van der Waals surface area contributed by atoms with Crippen LogP contribution in [0.4, 0.5) is 17.6 Å². The van der Waals surface area contributed by atoms with Crippen LogP contribution >= 0.6 is 0 Å². The number of nitrogens with zero attached hydrogens (tertiary/aromatic N) is 16. The molecule has 97 heavy (non-hydrogen) atoms. The van der Waals surface area contributed by atoms with Gasteiger partial charge in [0.2, 0.25) is 0 Å². The van der Waals surface area contributed by atoms with Crippen molar-refractivity contribution in [2.24, 2.45) is 7.05 Å². The van der Waals surface area contributed by atoms with Crippen LogP contribution in [-0.4, -0.2) is 116 Å². The van der Waals surface area contributed by atoms with E-state index in [2.05, 4.69) is 212 Å². The molecule has 10 heterocycles. The SMILES string of the molecule is C.CC(C)c1cc[nH]c1.CC(C)c1cnn(C(C)F)c1.CC(C)c1cnn(C)c1.CC(C)c1cnn(C2CC2)c1.CC(C)c1cnn(C2COC2)c1.CC(C)c1cnn(CC(F)(F)F)c1.CCn1cc(C(C)C)cn1.CCn1cc(C(C)C)cn1.COCCn1cc(C(C)C)cn1. The van der Waals surface area contributed by atoms with Crippen molar-refractivity contribution in [2.45, 2.75) is 270 Å². The summed E-state index contributed by atoms with van der Waals surface area (Å²) in [6.45, 7) is 48.2. The molecule has 9 aromatic rings. The fourth-order valence-corrected chi connectivity index (χ4v) is 8.33. The van der Waals surface area contributed by atoms with Crippen LogP contribution in [0, 0.1) is 0 Å². The van der Waals surface area contributed by atoms with E-state index in [1.54, 1.807) is 19.5 Å². The molecule has 19 nitrogen and oxygen atoms in total. The average molecular weight is 1360 g/mol. The van der Waals surface area contributed by atoms with Crippen molar-refractivity contribution in [1.29, 1.82) is 0 Å². The number of nitrogens with one attached hydrogen (secondary N) is 1. The second-order valence-electron chi connectivity index (χ2n) is 27.1. The molecule has 1 atom stereocenters. The Morgan fingerprint density at radius 1 is 0.464 bits per heavy atom. The third-order valence-corrected chi connectivity index (χ3v) is 15.6. The minimum absolute atomic E-state index is 0. The smallest absolute Gasteiger partial charge is 0.383 e. The van der Waals surface area contributed by atoms with Crippen LogP contribution in [0.1, 0.15) is 287 Å². The van der Waals surface area contributed by atoms with Gasteiger partial charge in [0.05, 0.1) is 88.0 Å². The third-order valence-electron chi connectivity index (χ3n) is 15.6. The number of aryl methyl sites for hydroxylation is 3. The van der Waals surface area contributed by atoms with Gasteiger partial charge < -0.3 is 14.5 Å². The summed E-state index contributed by atoms with van der Waals surface area (Å²) in [5.74, 6) is 4.81. The fourth-order valence-electron chi connectivity index (χ4n) is 8.33. The lowest BCUT2D eigenvalue weighted by Gasteiger charge is -2.25. The summed E-state index contributed by atoms with van der Waals surface area (Å²) in [6.07, 6.45) is 32.0. The highest BCUT2D eigenvalue weighted by atomic mass is 19.4. The van der Waals surface area contributed by atoms with E-state index in [0.717, 1.165) is 61.3 Å². The number of rotatable bonds is 18. The van der Waals surface area contributed by atoms with Crippen LogP contribution < -0.4 is 0 Å². The standard InChI is InChI=1S/C9H14N2O.C9H16N2O.C9H14N2.C8H11F3N2.C8H13FN2.2C8H14N2.C7H12N2.C7H11N.CH4/c1-7(2)8-3-10-11(4-8)9-5-12-6-9;1-8(2)9-6-10-11(7-9)4-5-12-3;1-7(2)8-5-10-11(6-8)9-3-4-9;1-6(2)7-3-12-13(4-7)5-8(9,10)11;1-6(2)8-4-10-11(5-8)7(3)9;2*1-4-10-6-8(5-9-10)7(2)3;1-6(2)7-4-8-9(3)5-7;1-6(2)7-3-4-8-5-7;/h3-4,7,9H,5-6H2,1-2H3;6-8H,4-5H2,1-3H3;5-7,9H,3-4H2,1-2H3;3-4,6H,5H2,1-2H3;4-7H,1-3H3;2*5-7H,4H2,1-3H3;4-6H,1-3H3;3-6,8H,1-2H3;1H4. The molecule has 1 saturated carbocycles. The van der Waals surface area contributed by atoms with E-state index in [4.69, 9.17) is 9.47 Å². The number of alkyl halides is 4. The molecule has 1 aliphatic heterocycles. The van der Waals surface area contributed by atoms with Crippen LogP contribution in [0.3, 0.4) is 0 Å². The summed E-state index contributed by atoms with van der Waals surface area (Å²) in [5.41, 5.74) is 11.2. The van der Waals surface area contributed by atoms with Gasteiger partial charge in [-0.3, -0.25) is 32.8 Å². The largest absolute Gasteiger partial charge is 0.408 e. The lowest BCUT2D eigenvalue weighted by Crippen LogP contribution is -2.30. The van der Waals surface area contributed by atoms with Crippen LogP contribution in [0.2, 0.25) is 0 Å². The molecule has 2 aliphatic rings. The molecule has 1 saturated heterocycles. The van der Waals surface area contributed by atoms with Gasteiger partial charge in [0.1, 0.15) is 6.54 Å². The van der Waals surface area contributed by atoms with Gasteiger partial charge in [-0.1, -0.05) is 132 Å². The van der Waals surface area contributed by atoms with Gasteiger partial charge in [-0.2, -0.15) is 54.0 Å². The topological polar surface area (TPSA) is 177 Å². The van der Waals surface area contributed by atoms with E-state index in [-0.39, 0.29) is 13.3 Å². The second kappa shape index (κ2) is 43.8. The minimum atomic E-state index is -4.19. The first-order valence-corrected chi connectivity index (χ1v) is 34.4. The van der Waals surface area contributed by atoms with Gasteiger partial charge >= 0.3 is 6.18 Å². The van der Waals surface area contributed by atoms with Gasteiger partial charge in [0, 0.05) is 89.2 Å². The zero-order valence-corrected chi connectivity index (χ0v) is 62.2. The summed E-state index contributed by atoms with van der Waals surface area (Å²) >= 11 is 0. The molecule has 0 bridgehead atoms. The predicted molar refractivity (Wildman–Crippen MR) is 386 cm³/mol. The number of halogens is 4. The van der Waals surface area contributed by atoms with Crippen molar-refractivity contribution < 1.29 is 27.0 Å². The summed E-state index contributed by atoms with van der Waals surface area (Å²) < 4.78 is 72.3. The summed E-state index contributed by atoms with van der Waals surface area (Å²) in [6, 6.07) is 3.31. The number of hydrogen-bond acceptors (Lipinski definition) is 10. The Morgan fingerprint density at radius 3 is 1.08 bits per heavy atom. The fraction of sp³-hybridized carbons (Fsp3) is 0.622. The molecule has 544 valence electrons. The van der Waals surface area contributed by atoms with Crippen LogP contribution in [0.15, 0.2) is 118 Å². The summed E-state index contributed by atoms with van der Waals surface area (Å²) in [5, 5.41) is 32.7. The van der Waals surface area contributed by atoms with E-state index in [0.29, 0.717) is 53.4 Å². The molecule has 1 unspecified atom stereocenters. The number of aromatic nitrogens is 17. The number of hydrogen-bond donors (Lipinski definition) is 1. The van der Waals surface area contributed by atoms with Gasteiger partial charge in [0.25, 0.3) is 0 Å². The maximum absolute atomic E-state index is 12.6. The molecule has 11 rings (SSSR count). The highest BCUT2D eigenvalue weighted by Crippen LogP contribution is 2.34. The van der Waals surface area contributed by atoms with Crippen LogP contribution in [0.5, 0.6) is 0 Å². The Labute approximate surface area is 579 Å². The molecule has 9 aromatic heterocycles. The molecule has 2 fully saturated rings. The van der Waals surface area contributed by atoms with Gasteiger partial charge in [0.15, 0.2) is 6.30 Å². The highest BCUT2D eigenvalue weighted by Gasteiger charge is 2.28. The summed E-state index contributed by atoms with van der Waals surface area (Å²) in [7, 11) is 3.64. The van der Waals surface area contributed by atoms with Crippen molar-refractivity contribution in [3.8, 4) is 0 Å². The third kappa shape index (κ3) is 33.1. The van der Waals surface area contributed by atoms with E-state index in [1.165, 1.54) is 75.8 Å². The molecule has 0 radical (unpaired) electrons. The first-order chi connectivity index (χ1) is 45.2. The van der Waals surface area contributed by atoms with Gasteiger partial charge in [-0.05, 0) is 143 Å². The quantitative estimate of drug-likeness (QED) is 0.0813. The molecule has 1 N–H and O–H groups in total. The van der Waals surface area contributed by atoms with E-state index in [1.807, 2.05) is 100 Å². The predicted octanol–water partition coefficient (Wildman–Crippen LogP) is 19.0. The number of methoxy groups -OCH3 is 1. The van der Waals surface area contributed by atoms with Crippen molar-refractivity contribution in [1.82, 2.24) is 83.2 Å². The normalized spacial score (nSPS) is 12.9. The Hall–Kier alpha value is -7.40. The first kappa shape index (κ1) is 85.7. The summed E-state index contributed by atoms with van der Waals surface area (Å²) in [4.78, 5) is 3.01. The Kier molecular flexibility index (Phi) is 38.7. The van der Waals surface area contributed by atoms with E-state index >= 15 is 0 Å². The molecule has 0 aromatic carbocycles. The number of ether oxygens (including phenoxy) is 2. The number of aromatic amines is 1. The zero-order chi connectivity index (χ0) is 71.8. The lowest BCUT2D eigenvalue weighted by atomic mass is 10.1. The van der Waals surface area contributed by atoms with Crippen LogP contribution in [-0.2, 0) is 42.7 Å². The lowest BCUT2D eigenvalue weighted by molar-refractivity contribution is -0.142. The average Bonchev–Trinajstić information content (AvgIpc) is 1.70. The molecular formula is C74H123F4N17O2. The maximum atomic E-state index is 12.6. The molecule has 1 aliphatic carbocycles. The first-order valence-electron chi connectivity index (χ1n) is 34.4. The monoisotopic (exact) mass is 1360 g/mol. The number of H-pyrrole nitrogens is 1. The Balaban J connectivity index is 0.000000372. The zero-order valence-electron chi connectivity index (χ0n) is 62.2. The maximum Gasteiger partial charge on any atom is 0.408 e. The van der Waals surface area contributed by atoms with Gasteiger partial charge in [-0.15, -0.1) is 0 Å². The van der Waals surface area contributed by atoms with Gasteiger partial charge in [-0.25, -0.2) is 9.07 Å². The van der Waals surface area contributed by atoms with Crippen molar-refractivity contribution in [3.05, 3.63) is 168 Å². The van der Waals surface area contributed by atoms with Crippen molar-refractivity contribution >= 4 is 0 Å². The molecule has 23 heteroatoms. The second-order valence-corrected chi connectivity index (χ2v) is 27.1. The molecule has 0 amide bonds.